The Kier molecular flexibility index (Phi) is 6.45. The van der Waals surface area contributed by atoms with E-state index in [1.807, 2.05) is 6.92 Å². The first-order chi connectivity index (χ1) is 6.52. The zero-order valence-corrected chi connectivity index (χ0v) is 8.95. The molecule has 0 aliphatic rings. The maximum Gasteiger partial charge on any atom is 0.294 e. The van der Waals surface area contributed by atoms with Crippen molar-refractivity contribution in [3.8, 4) is 0 Å². The summed E-state index contributed by atoms with van der Waals surface area (Å²) in [5, 5.41) is 9.05. The van der Waals surface area contributed by atoms with Crippen molar-refractivity contribution in [1.82, 2.24) is 0 Å². The van der Waals surface area contributed by atoms with Gasteiger partial charge in [0.05, 0.1) is 0 Å². The van der Waals surface area contributed by atoms with Crippen molar-refractivity contribution in [2.75, 3.05) is 6.61 Å². The minimum Gasteiger partial charge on any atom is -0.310 e. The van der Waals surface area contributed by atoms with E-state index in [-0.39, 0.29) is 6.61 Å². The van der Waals surface area contributed by atoms with E-state index in [1.165, 1.54) is 5.57 Å². The van der Waals surface area contributed by atoms with Crippen molar-refractivity contribution in [2.45, 2.75) is 33.6 Å². The molecule has 0 bridgehead atoms. The molecule has 14 heavy (non-hydrogen) atoms. The fourth-order valence-electron chi connectivity index (χ4n) is 0.931. The van der Waals surface area contributed by atoms with Gasteiger partial charge in [-0.2, -0.15) is 0 Å². The maximum atomic E-state index is 9.83. The van der Waals surface area contributed by atoms with Crippen LogP contribution in [0.15, 0.2) is 23.3 Å². The van der Waals surface area contributed by atoms with Crippen LogP contribution in [-0.4, -0.2) is 11.7 Å². The van der Waals surface area contributed by atoms with E-state index in [1.54, 1.807) is 6.08 Å². The predicted octanol–water partition coefficient (Wildman–Crippen LogP) is 2.89. The van der Waals surface area contributed by atoms with E-state index in [4.69, 9.17) is 0 Å². The Morgan fingerprint density at radius 3 is 2.50 bits per heavy atom. The molecule has 0 aliphatic carbocycles. The lowest BCUT2D eigenvalue weighted by Gasteiger charge is -1.98. The van der Waals surface area contributed by atoms with Gasteiger partial charge in [-0.1, -0.05) is 23.3 Å². The van der Waals surface area contributed by atoms with Crippen molar-refractivity contribution >= 4 is 0 Å². The van der Waals surface area contributed by atoms with Gasteiger partial charge in [0.2, 0.25) is 0 Å². The second-order valence-corrected chi connectivity index (χ2v) is 3.39. The minimum absolute atomic E-state index is 0.0493. The number of nitrogens with zero attached hydrogens (tertiary/aromatic N) is 1. The van der Waals surface area contributed by atoms with Crippen LogP contribution in [0.1, 0.15) is 33.6 Å². The molecule has 0 atom stereocenters. The summed E-state index contributed by atoms with van der Waals surface area (Å²) in [6.45, 7) is 6.10. The zero-order chi connectivity index (χ0) is 11.0. The van der Waals surface area contributed by atoms with E-state index in [2.05, 4.69) is 24.8 Å². The highest BCUT2D eigenvalue weighted by molar-refractivity contribution is 5.01. The molecular formula is C10H17NO3. The third-order valence-electron chi connectivity index (χ3n) is 1.70. The lowest BCUT2D eigenvalue weighted by atomic mass is 10.1. The Bertz CT molecular complexity index is 240. The SMILES string of the molecule is CC(C)=CCC/C(C)=C/CO[N+](=O)[O-]. The third kappa shape index (κ3) is 8.77. The van der Waals surface area contributed by atoms with Gasteiger partial charge in [-0.3, -0.25) is 0 Å². The summed E-state index contributed by atoms with van der Waals surface area (Å²) < 4.78 is 0. The van der Waals surface area contributed by atoms with E-state index < -0.39 is 5.09 Å². The van der Waals surface area contributed by atoms with E-state index >= 15 is 0 Å². The lowest BCUT2D eigenvalue weighted by Crippen LogP contribution is -2.00. The van der Waals surface area contributed by atoms with Crippen LogP contribution >= 0.6 is 0 Å². The maximum absolute atomic E-state index is 9.83. The van der Waals surface area contributed by atoms with Crippen LogP contribution in [0, 0.1) is 10.1 Å². The molecule has 0 saturated carbocycles. The monoisotopic (exact) mass is 199 g/mol. The van der Waals surface area contributed by atoms with Crippen molar-refractivity contribution in [3.63, 3.8) is 0 Å². The molecule has 0 aliphatic heterocycles. The summed E-state index contributed by atoms with van der Waals surface area (Å²) in [4.78, 5) is 14.0. The molecule has 0 aromatic rings. The fraction of sp³-hybridized carbons (Fsp3) is 0.600. The lowest BCUT2D eigenvalue weighted by molar-refractivity contribution is -0.755. The van der Waals surface area contributed by atoms with E-state index in [0.29, 0.717) is 0 Å². The number of allylic oxidation sites excluding steroid dienone is 3. The number of hydrogen-bond donors (Lipinski definition) is 0. The van der Waals surface area contributed by atoms with Gasteiger partial charge in [-0.05, 0) is 33.6 Å². The Labute approximate surface area is 84.4 Å². The van der Waals surface area contributed by atoms with Crippen LogP contribution in [0.5, 0.6) is 0 Å². The van der Waals surface area contributed by atoms with E-state index in [0.717, 1.165) is 18.4 Å². The molecule has 0 rings (SSSR count). The molecule has 0 saturated heterocycles. The topological polar surface area (TPSA) is 52.4 Å². The van der Waals surface area contributed by atoms with Crippen molar-refractivity contribution in [2.24, 2.45) is 0 Å². The highest BCUT2D eigenvalue weighted by Crippen LogP contribution is 2.06. The Morgan fingerprint density at radius 2 is 2.00 bits per heavy atom. The Morgan fingerprint density at radius 1 is 1.36 bits per heavy atom. The minimum atomic E-state index is -0.778. The van der Waals surface area contributed by atoms with Gasteiger partial charge in [-0.15, -0.1) is 10.1 Å². The summed E-state index contributed by atoms with van der Waals surface area (Å²) in [6.07, 6.45) is 5.78. The summed E-state index contributed by atoms with van der Waals surface area (Å²) in [5.74, 6) is 0. The molecular weight excluding hydrogens is 182 g/mol. The molecule has 80 valence electrons. The molecule has 0 aromatic heterocycles. The highest BCUT2D eigenvalue weighted by atomic mass is 16.9. The van der Waals surface area contributed by atoms with Crippen molar-refractivity contribution in [1.29, 1.82) is 0 Å². The average Bonchev–Trinajstić information content (AvgIpc) is 2.02. The molecule has 4 heteroatoms. The van der Waals surface area contributed by atoms with Gasteiger partial charge in [0.1, 0.15) is 6.61 Å². The van der Waals surface area contributed by atoms with Gasteiger partial charge in [0.25, 0.3) is 5.09 Å². The predicted molar refractivity (Wildman–Crippen MR) is 55.4 cm³/mol. The second-order valence-electron chi connectivity index (χ2n) is 3.39. The van der Waals surface area contributed by atoms with Gasteiger partial charge >= 0.3 is 0 Å². The Balaban J connectivity index is 3.67. The van der Waals surface area contributed by atoms with Crippen LogP contribution in [0.2, 0.25) is 0 Å². The molecule has 0 N–H and O–H groups in total. The zero-order valence-electron chi connectivity index (χ0n) is 8.95. The second kappa shape index (κ2) is 7.12. The van der Waals surface area contributed by atoms with Crippen LogP contribution in [-0.2, 0) is 4.84 Å². The first kappa shape index (κ1) is 12.7. The molecule has 0 radical (unpaired) electrons. The largest absolute Gasteiger partial charge is 0.310 e. The van der Waals surface area contributed by atoms with Crippen LogP contribution in [0.25, 0.3) is 0 Å². The molecule has 0 unspecified atom stereocenters. The summed E-state index contributed by atoms with van der Waals surface area (Å²) in [7, 11) is 0. The fourth-order valence-corrected chi connectivity index (χ4v) is 0.931. The van der Waals surface area contributed by atoms with Crippen LogP contribution < -0.4 is 0 Å². The summed E-state index contributed by atoms with van der Waals surface area (Å²) in [6, 6.07) is 0. The summed E-state index contributed by atoms with van der Waals surface area (Å²) in [5.41, 5.74) is 2.41. The number of rotatable bonds is 6. The quantitative estimate of drug-likeness (QED) is 0.375. The third-order valence-corrected chi connectivity index (χ3v) is 1.70. The van der Waals surface area contributed by atoms with Crippen molar-refractivity contribution < 1.29 is 9.92 Å². The van der Waals surface area contributed by atoms with Gasteiger partial charge in [0.15, 0.2) is 0 Å². The first-order valence-electron chi connectivity index (χ1n) is 4.58. The summed E-state index contributed by atoms with van der Waals surface area (Å²) >= 11 is 0. The number of hydrogen-bond acceptors (Lipinski definition) is 3. The van der Waals surface area contributed by atoms with Crippen molar-refractivity contribution in [3.05, 3.63) is 33.4 Å². The molecule has 0 heterocycles. The standard InChI is InChI=1S/C10H17NO3/c1-9(2)5-4-6-10(3)7-8-14-11(12)13/h5,7H,4,6,8H2,1-3H3/b10-7+. The van der Waals surface area contributed by atoms with Gasteiger partial charge < -0.3 is 4.84 Å². The first-order valence-corrected chi connectivity index (χ1v) is 4.58. The smallest absolute Gasteiger partial charge is 0.294 e. The molecule has 0 fully saturated rings. The average molecular weight is 199 g/mol. The molecule has 0 spiro atoms. The molecule has 0 aromatic carbocycles. The normalized spacial score (nSPS) is 10.9. The van der Waals surface area contributed by atoms with E-state index in [9.17, 15) is 10.1 Å². The van der Waals surface area contributed by atoms with Crippen LogP contribution in [0.4, 0.5) is 0 Å². The van der Waals surface area contributed by atoms with Gasteiger partial charge in [0, 0.05) is 0 Å². The molecule has 0 amide bonds. The van der Waals surface area contributed by atoms with Gasteiger partial charge in [-0.25, -0.2) is 0 Å². The molecule has 4 nitrogen and oxygen atoms in total. The Hall–Kier alpha value is -1.32. The highest BCUT2D eigenvalue weighted by Gasteiger charge is 1.92. The van der Waals surface area contributed by atoms with Crippen LogP contribution in [0.3, 0.4) is 0 Å².